The van der Waals surface area contributed by atoms with E-state index in [0.717, 1.165) is 11.1 Å². The molecule has 3 rings (SSSR count). The van der Waals surface area contributed by atoms with Gasteiger partial charge in [0.05, 0.1) is 13.5 Å². The van der Waals surface area contributed by atoms with Gasteiger partial charge in [0.25, 0.3) is 0 Å². The van der Waals surface area contributed by atoms with Crippen LogP contribution in [0.3, 0.4) is 0 Å². The van der Waals surface area contributed by atoms with Gasteiger partial charge in [-0.2, -0.15) is 0 Å². The van der Waals surface area contributed by atoms with Crippen molar-refractivity contribution in [1.82, 2.24) is 4.98 Å². The van der Waals surface area contributed by atoms with E-state index in [-0.39, 0.29) is 12.2 Å². The second kappa shape index (κ2) is 5.40. The van der Waals surface area contributed by atoms with E-state index in [1.165, 1.54) is 0 Å². The number of fused-ring (bicyclic) bond motifs is 1. The number of oxazole rings is 1. The summed E-state index contributed by atoms with van der Waals surface area (Å²) in [6.45, 7) is 1.94. The number of hydrogen-bond acceptors (Lipinski definition) is 4. The normalized spacial score (nSPS) is 10.8. The molecule has 4 heteroatoms. The van der Waals surface area contributed by atoms with Gasteiger partial charge in [-0.25, -0.2) is 4.98 Å². The fourth-order valence-corrected chi connectivity index (χ4v) is 2.23. The maximum atomic E-state index is 12.3. The number of rotatable bonds is 4. The number of aryl methyl sites for hydroxylation is 1. The van der Waals surface area contributed by atoms with Crippen LogP contribution in [0.4, 0.5) is 0 Å². The molecule has 1 aromatic heterocycles. The van der Waals surface area contributed by atoms with Crippen LogP contribution in [-0.4, -0.2) is 17.9 Å². The molecule has 0 saturated carbocycles. The van der Waals surface area contributed by atoms with Gasteiger partial charge >= 0.3 is 0 Å². The van der Waals surface area contributed by atoms with Crippen molar-refractivity contribution in [2.75, 3.05) is 7.11 Å². The zero-order valence-corrected chi connectivity index (χ0v) is 11.9. The van der Waals surface area contributed by atoms with E-state index >= 15 is 0 Å². The van der Waals surface area contributed by atoms with E-state index in [9.17, 15) is 4.79 Å². The highest BCUT2D eigenvalue weighted by Crippen LogP contribution is 2.21. The molecule has 0 aliphatic carbocycles. The lowest BCUT2D eigenvalue weighted by Gasteiger charge is -2.06. The molecule has 0 unspecified atom stereocenters. The molecular formula is C17H15NO3. The summed E-state index contributed by atoms with van der Waals surface area (Å²) >= 11 is 0. The highest BCUT2D eigenvalue weighted by molar-refractivity contribution is 5.97. The van der Waals surface area contributed by atoms with Crippen molar-refractivity contribution < 1.29 is 13.9 Å². The number of hydrogen-bond donors (Lipinski definition) is 0. The van der Waals surface area contributed by atoms with Gasteiger partial charge in [0.15, 0.2) is 11.4 Å². The van der Waals surface area contributed by atoms with Crippen LogP contribution in [0.2, 0.25) is 0 Å². The van der Waals surface area contributed by atoms with Gasteiger partial charge < -0.3 is 9.15 Å². The van der Waals surface area contributed by atoms with E-state index in [4.69, 9.17) is 9.15 Å². The first-order valence-corrected chi connectivity index (χ1v) is 6.69. The molecule has 1 heterocycles. The molecule has 106 valence electrons. The Morgan fingerprint density at radius 1 is 1.24 bits per heavy atom. The van der Waals surface area contributed by atoms with E-state index in [1.54, 1.807) is 19.2 Å². The van der Waals surface area contributed by atoms with Crippen molar-refractivity contribution in [2.45, 2.75) is 13.3 Å². The van der Waals surface area contributed by atoms with Crippen LogP contribution in [-0.2, 0) is 6.42 Å². The Kier molecular flexibility index (Phi) is 3.44. The standard InChI is InChI=1S/C17H15NO3/c1-11-7-8-12(9-16(11)20-2)14(19)10-17-18-13-5-3-4-6-15(13)21-17/h3-9H,10H2,1-2H3. The number of nitrogens with zero attached hydrogens (tertiary/aromatic N) is 1. The van der Waals surface area contributed by atoms with Gasteiger partial charge in [0.2, 0.25) is 5.89 Å². The number of para-hydroxylation sites is 2. The second-order valence-corrected chi connectivity index (χ2v) is 4.86. The number of methoxy groups -OCH3 is 1. The van der Waals surface area contributed by atoms with E-state index in [1.807, 2.05) is 37.3 Å². The molecule has 0 spiro atoms. The lowest BCUT2D eigenvalue weighted by Crippen LogP contribution is -2.04. The third-order valence-corrected chi connectivity index (χ3v) is 3.38. The largest absolute Gasteiger partial charge is 0.496 e. The van der Waals surface area contributed by atoms with Gasteiger partial charge in [-0.05, 0) is 30.7 Å². The average molecular weight is 281 g/mol. The number of benzene rings is 2. The van der Waals surface area contributed by atoms with Crippen LogP contribution in [0.1, 0.15) is 21.8 Å². The fraction of sp³-hybridized carbons (Fsp3) is 0.176. The summed E-state index contributed by atoms with van der Waals surface area (Å²) in [4.78, 5) is 16.6. The topological polar surface area (TPSA) is 52.3 Å². The first-order chi connectivity index (χ1) is 10.2. The van der Waals surface area contributed by atoms with E-state index < -0.39 is 0 Å². The van der Waals surface area contributed by atoms with Crippen LogP contribution >= 0.6 is 0 Å². The second-order valence-electron chi connectivity index (χ2n) is 4.86. The molecule has 4 nitrogen and oxygen atoms in total. The van der Waals surface area contributed by atoms with Gasteiger partial charge in [-0.15, -0.1) is 0 Å². The summed E-state index contributed by atoms with van der Waals surface area (Å²) in [6.07, 6.45) is 0.140. The molecule has 0 fully saturated rings. The molecule has 0 aliphatic rings. The first-order valence-electron chi connectivity index (χ1n) is 6.69. The Balaban J connectivity index is 1.85. The predicted molar refractivity (Wildman–Crippen MR) is 79.8 cm³/mol. The minimum absolute atomic E-state index is 0.0418. The molecule has 3 aromatic rings. The summed E-state index contributed by atoms with van der Waals surface area (Å²) in [5.74, 6) is 1.10. The van der Waals surface area contributed by atoms with Crippen molar-refractivity contribution in [3.63, 3.8) is 0 Å². The van der Waals surface area contributed by atoms with Crippen LogP contribution < -0.4 is 4.74 Å². The van der Waals surface area contributed by atoms with Crippen LogP contribution in [0.5, 0.6) is 5.75 Å². The van der Waals surface area contributed by atoms with Gasteiger partial charge in [0, 0.05) is 5.56 Å². The fourth-order valence-electron chi connectivity index (χ4n) is 2.23. The van der Waals surface area contributed by atoms with Crippen LogP contribution in [0.15, 0.2) is 46.9 Å². The molecule has 0 N–H and O–H groups in total. The minimum atomic E-state index is -0.0418. The molecule has 21 heavy (non-hydrogen) atoms. The molecule has 0 radical (unpaired) electrons. The monoisotopic (exact) mass is 281 g/mol. The highest BCUT2D eigenvalue weighted by Gasteiger charge is 2.13. The number of ketones is 1. The summed E-state index contributed by atoms with van der Waals surface area (Å²) in [7, 11) is 1.59. The number of aromatic nitrogens is 1. The van der Waals surface area contributed by atoms with Crippen molar-refractivity contribution in [3.8, 4) is 5.75 Å². The molecule has 0 amide bonds. The Morgan fingerprint density at radius 2 is 2.05 bits per heavy atom. The Hall–Kier alpha value is -2.62. The number of ether oxygens (including phenoxy) is 1. The molecule has 2 aromatic carbocycles. The zero-order chi connectivity index (χ0) is 14.8. The third-order valence-electron chi connectivity index (χ3n) is 3.38. The molecule has 0 saturated heterocycles. The van der Waals surface area contributed by atoms with E-state index in [0.29, 0.717) is 22.8 Å². The zero-order valence-electron chi connectivity index (χ0n) is 11.9. The smallest absolute Gasteiger partial charge is 0.203 e. The minimum Gasteiger partial charge on any atom is -0.496 e. The Bertz CT molecular complexity index is 772. The average Bonchev–Trinajstić information content (AvgIpc) is 2.89. The lowest BCUT2D eigenvalue weighted by atomic mass is 10.1. The number of carbonyl (C=O) groups is 1. The molecule has 0 aliphatic heterocycles. The maximum Gasteiger partial charge on any atom is 0.203 e. The predicted octanol–water partition coefficient (Wildman–Crippen LogP) is 3.57. The summed E-state index contributed by atoms with van der Waals surface area (Å²) in [5.41, 5.74) is 3.05. The third kappa shape index (κ3) is 2.65. The summed E-state index contributed by atoms with van der Waals surface area (Å²) in [5, 5.41) is 0. The maximum absolute atomic E-state index is 12.3. The van der Waals surface area contributed by atoms with Crippen molar-refractivity contribution in [2.24, 2.45) is 0 Å². The van der Waals surface area contributed by atoms with Crippen molar-refractivity contribution >= 4 is 16.9 Å². The molecule has 0 atom stereocenters. The van der Waals surface area contributed by atoms with Gasteiger partial charge in [-0.3, -0.25) is 4.79 Å². The molecule has 0 bridgehead atoms. The van der Waals surface area contributed by atoms with Crippen LogP contribution in [0.25, 0.3) is 11.1 Å². The van der Waals surface area contributed by atoms with Gasteiger partial charge in [0.1, 0.15) is 11.3 Å². The number of Topliss-reactive ketones (excluding diaryl/α,β-unsaturated/α-hetero) is 1. The van der Waals surface area contributed by atoms with Crippen molar-refractivity contribution in [3.05, 3.63) is 59.5 Å². The molecular weight excluding hydrogens is 266 g/mol. The lowest BCUT2D eigenvalue weighted by molar-refractivity contribution is 0.0985. The summed E-state index contributed by atoms with van der Waals surface area (Å²) < 4.78 is 10.8. The Labute approximate surface area is 122 Å². The Morgan fingerprint density at radius 3 is 2.81 bits per heavy atom. The quantitative estimate of drug-likeness (QED) is 0.686. The summed E-state index contributed by atoms with van der Waals surface area (Å²) in [6, 6.07) is 12.9. The van der Waals surface area contributed by atoms with Crippen molar-refractivity contribution in [1.29, 1.82) is 0 Å². The van der Waals surface area contributed by atoms with Crippen LogP contribution in [0, 0.1) is 6.92 Å². The van der Waals surface area contributed by atoms with E-state index in [2.05, 4.69) is 4.98 Å². The number of carbonyl (C=O) groups excluding carboxylic acids is 1. The van der Waals surface area contributed by atoms with Gasteiger partial charge in [-0.1, -0.05) is 24.3 Å². The SMILES string of the molecule is COc1cc(C(=O)Cc2nc3ccccc3o2)ccc1C. The first kappa shape index (κ1) is 13.4. The highest BCUT2D eigenvalue weighted by atomic mass is 16.5.